The van der Waals surface area contributed by atoms with E-state index in [9.17, 15) is 8.42 Å². The van der Waals surface area contributed by atoms with E-state index in [0.29, 0.717) is 11.6 Å². The maximum absolute atomic E-state index is 11.5. The fourth-order valence-electron chi connectivity index (χ4n) is 4.03. The van der Waals surface area contributed by atoms with Crippen LogP contribution in [-0.2, 0) is 14.8 Å². The molecule has 1 aliphatic rings. The quantitative estimate of drug-likeness (QED) is 0.330. The van der Waals surface area contributed by atoms with E-state index in [2.05, 4.69) is 25.5 Å². The zero-order chi connectivity index (χ0) is 25.0. The van der Waals surface area contributed by atoms with Crippen LogP contribution >= 0.6 is 0 Å². The van der Waals surface area contributed by atoms with Crippen molar-refractivity contribution in [1.82, 2.24) is 19.9 Å². The first-order chi connectivity index (χ1) is 17.5. The number of sulfonamides is 1. The summed E-state index contributed by atoms with van der Waals surface area (Å²) in [6, 6.07) is 16.0. The van der Waals surface area contributed by atoms with Gasteiger partial charge in [0.25, 0.3) is 0 Å². The second kappa shape index (κ2) is 10.5. The molecule has 1 fully saturated rings. The minimum Gasteiger partial charge on any atom is -0.379 e. The molecule has 11 heteroatoms. The van der Waals surface area contributed by atoms with Crippen LogP contribution in [0.25, 0.3) is 22.0 Å². The number of hydrogen-bond donors (Lipinski definition) is 3. The number of ether oxygens (including phenoxy) is 1. The number of rotatable bonds is 8. The van der Waals surface area contributed by atoms with Crippen LogP contribution in [0.15, 0.2) is 71.9 Å². The first-order valence-electron chi connectivity index (χ1n) is 11.6. The number of morpholine rings is 1. The van der Waals surface area contributed by atoms with Gasteiger partial charge in [-0.2, -0.15) is 0 Å². The summed E-state index contributed by atoms with van der Waals surface area (Å²) in [6.07, 6.45) is 3.59. The van der Waals surface area contributed by atoms with Crippen molar-refractivity contribution < 1.29 is 13.2 Å². The second-order valence-electron chi connectivity index (χ2n) is 8.44. The zero-order valence-corrected chi connectivity index (χ0v) is 20.4. The number of benzene rings is 2. The van der Waals surface area contributed by atoms with Crippen molar-refractivity contribution in [3.63, 3.8) is 0 Å². The molecule has 1 saturated heterocycles. The summed E-state index contributed by atoms with van der Waals surface area (Å²) < 4.78 is 28.3. The summed E-state index contributed by atoms with van der Waals surface area (Å²) in [5, 5.41) is 12.6. The number of fused-ring (bicyclic) bond motifs is 1. The Morgan fingerprint density at radius 1 is 0.972 bits per heavy atom. The van der Waals surface area contributed by atoms with E-state index in [4.69, 9.17) is 14.9 Å². The van der Waals surface area contributed by atoms with Gasteiger partial charge < -0.3 is 15.4 Å². The molecule has 4 aromatic rings. The molecule has 0 bridgehead atoms. The van der Waals surface area contributed by atoms with Crippen LogP contribution in [0.3, 0.4) is 0 Å². The van der Waals surface area contributed by atoms with Crippen molar-refractivity contribution in [2.24, 2.45) is 5.14 Å². The van der Waals surface area contributed by atoms with Crippen molar-refractivity contribution in [2.75, 3.05) is 50.0 Å². The van der Waals surface area contributed by atoms with E-state index in [0.717, 1.165) is 67.2 Å². The number of nitrogens with two attached hydrogens (primary N) is 1. The lowest BCUT2D eigenvalue weighted by Crippen LogP contribution is -2.39. The number of nitrogens with zero attached hydrogens (tertiary/aromatic N) is 4. The Kier molecular flexibility index (Phi) is 7.05. The second-order valence-corrected chi connectivity index (χ2v) is 10.0. The third-order valence-electron chi connectivity index (χ3n) is 5.96. The molecule has 0 amide bonds. The Hall–Kier alpha value is -3.64. The van der Waals surface area contributed by atoms with Gasteiger partial charge in [0.2, 0.25) is 16.0 Å². The Morgan fingerprint density at radius 3 is 2.50 bits per heavy atom. The molecule has 2 aromatic heterocycles. The minimum atomic E-state index is -3.75. The summed E-state index contributed by atoms with van der Waals surface area (Å²) in [6.45, 7) is 5.30. The Morgan fingerprint density at radius 2 is 1.78 bits per heavy atom. The predicted molar refractivity (Wildman–Crippen MR) is 140 cm³/mol. The van der Waals surface area contributed by atoms with Crippen LogP contribution in [0.5, 0.6) is 0 Å². The molecular weight excluding hydrogens is 478 g/mol. The standard InChI is InChI=1S/C25H27N7O3S/c26-36(33,34)21-7-5-20(6-8-21)30-25-29-17-19-2-1-3-22(24(19)31-25)18-4-9-23(28-16-18)27-10-11-32-12-14-35-15-13-32/h1-9,16-17H,10-15H2,(H,27,28)(H2,26,33,34)(H,29,30,31). The highest BCUT2D eigenvalue weighted by Crippen LogP contribution is 2.28. The molecule has 0 saturated carbocycles. The van der Waals surface area contributed by atoms with Gasteiger partial charge >= 0.3 is 0 Å². The number of hydrogen-bond acceptors (Lipinski definition) is 9. The molecule has 36 heavy (non-hydrogen) atoms. The SMILES string of the molecule is NS(=O)(=O)c1ccc(Nc2ncc3cccc(-c4ccc(NCCN5CCOCC5)nc4)c3n2)cc1. The molecule has 4 N–H and O–H groups in total. The maximum atomic E-state index is 11.5. The number of pyridine rings is 1. The van der Waals surface area contributed by atoms with E-state index >= 15 is 0 Å². The number of aromatic nitrogens is 3. The maximum Gasteiger partial charge on any atom is 0.238 e. The summed E-state index contributed by atoms with van der Waals surface area (Å²) in [7, 11) is -3.75. The van der Waals surface area contributed by atoms with Gasteiger partial charge in [0, 0.05) is 60.8 Å². The van der Waals surface area contributed by atoms with Crippen LogP contribution in [0, 0.1) is 0 Å². The lowest BCUT2D eigenvalue weighted by Gasteiger charge is -2.26. The molecule has 0 spiro atoms. The van der Waals surface area contributed by atoms with E-state index in [-0.39, 0.29) is 4.90 Å². The predicted octanol–water partition coefficient (Wildman–Crippen LogP) is 2.83. The number of primary sulfonamides is 1. The molecular formula is C25H27N7O3S. The molecule has 3 heterocycles. The highest BCUT2D eigenvalue weighted by atomic mass is 32.2. The van der Waals surface area contributed by atoms with Gasteiger partial charge in [-0.15, -0.1) is 0 Å². The molecule has 2 aromatic carbocycles. The summed E-state index contributed by atoms with van der Waals surface area (Å²) >= 11 is 0. The van der Waals surface area contributed by atoms with Crippen molar-refractivity contribution in [2.45, 2.75) is 4.90 Å². The molecule has 10 nitrogen and oxygen atoms in total. The highest BCUT2D eigenvalue weighted by Gasteiger charge is 2.11. The zero-order valence-electron chi connectivity index (χ0n) is 19.6. The van der Waals surface area contributed by atoms with E-state index in [1.807, 2.05) is 36.5 Å². The van der Waals surface area contributed by atoms with E-state index < -0.39 is 10.0 Å². The number of nitrogens with one attached hydrogen (secondary N) is 2. The third kappa shape index (κ3) is 5.77. The van der Waals surface area contributed by atoms with Crippen LogP contribution < -0.4 is 15.8 Å². The van der Waals surface area contributed by atoms with Crippen molar-refractivity contribution in [3.8, 4) is 11.1 Å². The first kappa shape index (κ1) is 24.1. The number of anilines is 3. The summed E-state index contributed by atoms with van der Waals surface area (Å²) in [5.74, 6) is 1.22. The molecule has 0 unspecified atom stereocenters. The molecule has 0 radical (unpaired) electrons. The van der Waals surface area contributed by atoms with Gasteiger partial charge in [-0.25, -0.2) is 28.5 Å². The monoisotopic (exact) mass is 505 g/mol. The van der Waals surface area contributed by atoms with Crippen LogP contribution in [0.4, 0.5) is 17.5 Å². The van der Waals surface area contributed by atoms with Crippen molar-refractivity contribution >= 4 is 38.4 Å². The average Bonchev–Trinajstić information content (AvgIpc) is 2.89. The van der Waals surface area contributed by atoms with Gasteiger partial charge in [-0.1, -0.05) is 18.2 Å². The molecule has 0 atom stereocenters. The van der Waals surface area contributed by atoms with Gasteiger partial charge in [0.15, 0.2) is 0 Å². The lowest BCUT2D eigenvalue weighted by molar-refractivity contribution is 0.0398. The topological polar surface area (TPSA) is 135 Å². The normalized spacial score (nSPS) is 14.6. The Balaban J connectivity index is 1.31. The van der Waals surface area contributed by atoms with E-state index in [1.165, 1.54) is 12.1 Å². The molecule has 1 aliphatic heterocycles. The largest absolute Gasteiger partial charge is 0.379 e. The van der Waals surface area contributed by atoms with Gasteiger partial charge in [0.1, 0.15) is 5.82 Å². The van der Waals surface area contributed by atoms with E-state index in [1.54, 1.807) is 18.3 Å². The van der Waals surface area contributed by atoms with Gasteiger partial charge in [0.05, 0.1) is 23.6 Å². The lowest BCUT2D eigenvalue weighted by atomic mass is 10.0. The fourth-order valence-corrected chi connectivity index (χ4v) is 4.55. The van der Waals surface area contributed by atoms with Gasteiger partial charge in [-0.3, -0.25) is 4.90 Å². The molecule has 0 aliphatic carbocycles. The Bertz CT molecular complexity index is 1440. The van der Waals surface area contributed by atoms with Crippen molar-refractivity contribution in [1.29, 1.82) is 0 Å². The van der Waals surface area contributed by atoms with Crippen LogP contribution in [-0.4, -0.2) is 67.7 Å². The van der Waals surface area contributed by atoms with Crippen molar-refractivity contribution in [3.05, 3.63) is 67.0 Å². The molecule has 5 rings (SSSR count). The number of para-hydroxylation sites is 1. The molecule has 186 valence electrons. The first-order valence-corrected chi connectivity index (χ1v) is 13.2. The van der Waals surface area contributed by atoms with Crippen LogP contribution in [0.2, 0.25) is 0 Å². The summed E-state index contributed by atoms with van der Waals surface area (Å²) in [4.78, 5) is 16.1. The van der Waals surface area contributed by atoms with Gasteiger partial charge in [-0.05, 0) is 36.4 Å². The Labute approximate surface area is 209 Å². The average molecular weight is 506 g/mol. The third-order valence-corrected chi connectivity index (χ3v) is 6.89. The summed E-state index contributed by atoms with van der Waals surface area (Å²) in [5.41, 5.74) is 3.32. The minimum absolute atomic E-state index is 0.0429. The smallest absolute Gasteiger partial charge is 0.238 e. The highest BCUT2D eigenvalue weighted by molar-refractivity contribution is 7.89. The van der Waals surface area contributed by atoms with Crippen LogP contribution in [0.1, 0.15) is 0 Å². The fraction of sp³-hybridized carbons (Fsp3) is 0.240.